The molecule has 108 valence electrons. The van der Waals surface area contributed by atoms with Gasteiger partial charge in [0.05, 0.1) is 18.0 Å². The molecule has 0 saturated carbocycles. The van der Waals surface area contributed by atoms with Crippen LogP contribution in [0.2, 0.25) is 0 Å². The van der Waals surface area contributed by atoms with Gasteiger partial charge in [-0.1, -0.05) is 19.9 Å². The summed E-state index contributed by atoms with van der Waals surface area (Å²) in [5.74, 6) is 0.531. The lowest BCUT2D eigenvalue weighted by Gasteiger charge is -2.20. The number of methoxy groups -OCH3 is 1. The third-order valence-electron chi connectivity index (χ3n) is 3.13. The Kier molecular flexibility index (Phi) is 5.64. The minimum atomic E-state index is 0.347. The van der Waals surface area contributed by atoms with Crippen molar-refractivity contribution in [2.45, 2.75) is 26.4 Å². The van der Waals surface area contributed by atoms with Crippen LogP contribution in [0.5, 0.6) is 0 Å². The molecule has 2 rings (SSSR count). The number of aromatic nitrogens is 2. The highest BCUT2D eigenvalue weighted by molar-refractivity contribution is 7.13. The van der Waals surface area contributed by atoms with Crippen molar-refractivity contribution in [2.24, 2.45) is 5.92 Å². The van der Waals surface area contributed by atoms with Crippen molar-refractivity contribution < 1.29 is 4.74 Å². The Morgan fingerprint density at radius 3 is 2.85 bits per heavy atom. The first-order valence-electron chi connectivity index (χ1n) is 6.79. The molecular formula is C15H21N3OS. The van der Waals surface area contributed by atoms with E-state index in [4.69, 9.17) is 4.74 Å². The van der Waals surface area contributed by atoms with Gasteiger partial charge in [0.1, 0.15) is 5.01 Å². The van der Waals surface area contributed by atoms with Crippen LogP contribution in [0.25, 0.3) is 10.7 Å². The molecule has 2 aromatic rings. The Morgan fingerprint density at radius 1 is 1.35 bits per heavy atom. The molecule has 20 heavy (non-hydrogen) atoms. The quantitative estimate of drug-likeness (QED) is 0.852. The second-order valence-electron chi connectivity index (χ2n) is 5.05. The highest BCUT2D eigenvalue weighted by Gasteiger charge is 2.13. The van der Waals surface area contributed by atoms with Crippen molar-refractivity contribution in [3.63, 3.8) is 0 Å². The van der Waals surface area contributed by atoms with E-state index in [0.717, 1.165) is 29.5 Å². The number of rotatable bonds is 7. The summed E-state index contributed by atoms with van der Waals surface area (Å²) in [6, 6.07) is 6.23. The minimum absolute atomic E-state index is 0.347. The van der Waals surface area contributed by atoms with E-state index < -0.39 is 0 Å². The molecule has 1 unspecified atom stereocenters. The van der Waals surface area contributed by atoms with Crippen molar-refractivity contribution >= 4 is 11.3 Å². The smallest absolute Gasteiger partial charge is 0.142 e. The summed E-state index contributed by atoms with van der Waals surface area (Å²) in [4.78, 5) is 8.95. The monoisotopic (exact) mass is 291 g/mol. The minimum Gasteiger partial charge on any atom is -0.383 e. The van der Waals surface area contributed by atoms with Crippen molar-refractivity contribution in [3.05, 3.63) is 35.5 Å². The van der Waals surface area contributed by atoms with Crippen LogP contribution in [0, 0.1) is 5.92 Å². The Morgan fingerprint density at radius 2 is 2.20 bits per heavy atom. The first-order valence-corrected chi connectivity index (χ1v) is 7.66. The summed E-state index contributed by atoms with van der Waals surface area (Å²) in [6.07, 6.45) is 1.79. The van der Waals surface area contributed by atoms with Gasteiger partial charge in [0.2, 0.25) is 0 Å². The molecule has 0 aliphatic heterocycles. The molecule has 0 radical (unpaired) electrons. The zero-order chi connectivity index (χ0) is 14.4. The van der Waals surface area contributed by atoms with Crippen LogP contribution in [0.15, 0.2) is 29.8 Å². The fraction of sp³-hybridized carbons (Fsp3) is 0.467. The SMILES string of the molecule is COCC(NCc1csc(-c2ccccn2)n1)C(C)C. The van der Waals surface area contributed by atoms with Crippen LogP contribution in [0.4, 0.5) is 0 Å². The topological polar surface area (TPSA) is 47.0 Å². The van der Waals surface area contributed by atoms with Gasteiger partial charge in [-0.3, -0.25) is 4.98 Å². The highest BCUT2D eigenvalue weighted by Crippen LogP contribution is 2.21. The Balaban J connectivity index is 1.96. The molecule has 1 atom stereocenters. The molecule has 0 amide bonds. The van der Waals surface area contributed by atoms with Crippen LogP contribution in [-0.2, 0) is 11.3 Å². The molecule has 2 heterocycles. The maximum Gasteiger partial charge on any atom is 0.142 e. The van der Waals surface area contributed by atoms with Gasteiger partial charge in [0.25, 0.3) is 0 Å². The largest absolute Gasteiger partial charge is 0.383 e. The van der Waals surface area contributed by atoms with Gasteiger partial charge in [0, 0.05) is 31.3 Å². The maximum absolute atomic E-state index is 5.24. The first kappa shape index (κ1) is 15.1. The Hall–Kier alpha value is -1.30. The van der Waals surface area contributed by atoms with E-state index >= 15 is 0 Å². The van der Waals surface area contributed by atoms with Crippen molar-refractivity contribution in [1.29, 1.82) is 0 Å². The highest BCUT2D eigenvalue weighted by atomic mass is 32.1. The van der Waals surface area contributed by atoms with Crippen LogP contribution in [-0.4, -0.2) is 29.7 Å². The van der Waals surface area contributed by atoms with Gasteiger partial charge in [-0.2, -0.15) is 0 Å². The zero-order valence-electron chi connectivity index (χ0n) is 12.2. The molecule has 0 saturated heterocycles. The van der Waals surface area contributed by atoms with Gasteiger partial charge in [-0.05, 0) is 18.1 Å². The molecule has 0 fully saturated rings. The van der Waals surface area contributed by atoms with Crippen molar-refractivity contribution in [2.75, 3.05) is 13.7 Å². The summed E-state index contributed by atoms with van der Waals surface area (Å²) in [5, 5.41) is 6.55. The third-order valence-corrected chi connectivity index (χ3v) is 4.05. The van der Waals surface area contributed by atoms with Crippen LogP contribution in [0.3, 0.4) is 0 Å². The number of thiazole rings is 1. The van der Waals surface area contributed by atoms with E-state index in [2.05, 4.69) is 34.5 Å². The number of nitrogens with zero attached hydrogens (tertiary/aromatic N) is 2. The van der Waals surface area contributed by atoms with Crippen LogP contribution < -0.4 is 5.32 Å². The predicted octanol–water partition coefficient (Wildman–Crippen LogP) is 2.97. The number of ether oxygens (including phenoxy) is 1. The average Bonchev–Trinajstić information content (AvgIpc) is 2.93. The second kappa shape index (κ2) is 7.47. The lowest BCUT2D eigenvalue weighted by molar-refractivity contribution is 0.146. The maximum atomic E-state index is 5.24. The molecular weight excluding hydrogens is 270 g/mol. The van der Waals surface area contributed by atoms with Gasteiger partial charge >= 0.3 is 0 Å². The normalized spacial score (nSPS) is 12.8. The molecule has 0 aliphatic rings. The molecule has 5 heteroatoms. The number of hydrogen-bond donors (Lipinski definition) is 1. The summed E-state index contributed by atoms with van der Waals surface area (Å²) in [5.41, 5.74) is 1.98. The third kappa shape index (κ3) is 4.10. The number of pyridine rings is 1. The van der Waals surface area contributed by atoms with Gasteiger partial charge in [0.15, 0.2) is 0 Å². The van der Waals surface area contributed by atoms with Gasteiger partial charge in [-0.15, -0.1) is 11.3 Å². The van der Waals surface area contributed by atoms with E-state index in [-0.39, 0.29) is 0 Å². The molecule has 2 aromatic heterocycles. The average molecular weight is 291 g/mol. The molecule has 0 aromatic carbocycles. The molecule has 0 aliphatic carbocycles. The molecule has 4 nitrogen and oxygen atoms in total. The molecule has 1 N–H and O–H groups in total. The standard InChI is InChI=1S/C15H21N3OS/c1-11(2)14(9-19-3)17-8-12-10-20-15(18-12)13-6-4-5-7-16-13/h4-7,10-11,14,17H,8-9H2,1-3H3. The van der Waals surface area contributed by atoms with Gasteiger partial charge < -0.3 is 10.1 Å². The van der Waals surface area contributed by atoms with E-state index in [1.165, 1.54) is 0 Å². The van der Waals surface area contributed by atoms with Crippen molar-refractivity contribution in [3.8, 4) is 10.7 Å². The summed E-state index contributed by atoms with van der Waals surface area (Å²) >= 11 is 1.63. The zero-order valence-corrected chi connectivity index (χ0v) is 13.0. The fourth-order valence-electron chi connectivity index (χ4n) is 1.90. The lowest BCUT2D eigenvalue weighted by atomic mass is 10.1. The van der Waals surface area contributed by atoms with Crippen molar-refractivity contribution in [1.82, 2.24) is 15.3 Å². The number of hydrogen-bond acceptors (Lipinski definition) is 5. The predicted molar refractivity (Wildman–Crippen MR) is 82.7 cm³/mol. The van der Waals surface area contributed by atoms with E-state index in [1.54, 1.807) is 24.6 Å². The van der Waals surface area contributed by atoms with E-state index in [0.29, 0.717) is 12.0 Å². The van der Waals surface area contributed by atoms with Crippen LogP contribution in [0.1, 0.15) is 19.5 Å². The summed E-state index contributed by atoms with van der Waals surface area (Å²) in [6.45, 7) is 5.86. The Labute approximate surface area is 124 Å². The Bertz CT molecular complexity index is 513. The van der Waals surface area contributed by atoms with Gasteiger partial charge in [-0.25, -0.2) is 4.98 Å². The van der Waals surface area contributed by atoms with Crippen LogP contribution >= 0.6 is 11.3 Å². The van der Waals surface area contributed by atoms with E-state index in [1.807, 2.05) is 18.2 Å². The lowest BCUT2D eigenvalue weighted by Crippen LogP contribution is -2.37. The molecule has 0 bridgehead atoms. The molecule has 0 spiro atoms. The summed E-state index contributed by atoms with van der Waals surface area (Å²) < 4.78 is 5.24. The fourth-order valence-corrected chi connectivity index (χ4v) is 2.69. The number of nitrogens with one attached hydrogen (secondary N) is 1. The van der Waals surface area contributed by atoms with E-state index in [9.17, 15) is 0 Å². The summed E-state index contributed by atoms with van der Waals surface area (Å²) in [7, 11) is 1.74. The second-order valence-corrected chi connectivity index (χ2v) is 5.90. The first-order chi connectivity index (χ1) is 9.70.